The molecule has 0 bridgehead atoms. The normalized spacial score (nSPS) is 22.8. The van der Waals surface area contributed by atoms with Crippen molar-refractivity contribution in [3.8, 4) is 11.8 Å². The second kappa shape index (κ2) is 5.21. The van der Waals surface area contributed by atoms with Crippen LogP contribution in [0.5, 0.6) is 0 Å². The first kappa shape index (κ1) is 12.8. The third-order valence-electron chi connectivity index (χ3n) is 3.09. The molecule has 0 aromatic heterocycles. The Morgan fingerprint density at radius 2 is 2.31 bits per heavy atom. The Balaban J connectivity index is 2.81. The van der Waals surface area contributed by atoms with Crippen LogP contribution in [-0.4, -0.2) is 12.6 Å². The number of hydrogen-bond acceptors (Lipinski definition) is 2. The quantitative estimate of drug-likeness (QED) is 0.294. The van der Waals surface area contributed by atoms with Crippen molar-refractivity contribution >= 4 is 5.97 Å². The van der Waals surface area contributed by atoms with E-state index in [1.165, 1.54) is 5.57 Å². The van der Waals surface area contributed by atoms with E-state index in [1.54, 1.807) is 6.92 Å². The van der Waals surface area contributed by atoms with Gasteiger partial charge in [-0.3, -0.25) is 0 Å². The van der Waals surface area contributed by atoms with Crippen LogP contribution in [-0.2, 0) is 9.53 Å². The zero-order chi connectivity index (χ0) is 12.2. The highest BCUT2D eigenvalue weighted by Crippen LogP contribution is 2.40. The number of carbonyl (C=O) groups is 1. The molecule has 0 saturated carbocycles. The first-order chi connectivity index (χ1) is 7.47. The minimum absolute atomic E-state index is 0.151. The molecule has 1 atom stereocenters. The van der Waals surface area contributed by atoms with Gasteiger partial charge in [0.25, 0.3) is 0 Å². The maximum atomic E-state index is 11.2. The third-order valence-corrected chi connectivity index (χ3v) is 3.09. The summed E-state index contributed by atoms with van der Waals surface area (Å²) < 4.78 is 4.80. The molecule has 0 saturated heterocycles. The Morgan fingerprint density at radius 3 is 2.88 bits per heavy atom. The highest BCUT2D eigenvalue weighted by Gasteiger charge is 2.31. The van der Waals surface area contributed by atoms with Crippen molar-refractivity contribution < 1.29 is 9.53 Å². The molecule has 0 N–H and O–H groups in total. The van der Waals surface area contributed by atoms with Crippen LogP contribution in [0.25, 0.3) is 0 Å². The Hall–Kier alpha value is -1.23. The molecule has 0 aliphatic heterocycles. The molecular formula is C14H20O2. The van der Waals surface area contributed by atoms with Crippen LogP contribution in [0.15, 0.2) is 11.6 Å². The maximum absolute atomic E-state index is 11.2. The molecule has 0 amide bonds. The number of allylic oxidation sites excluding steroid dienone is 2. The summed E-state index contributed by atoms with van der Waals surface area (Å²) in [5.74, 6) is 5.39. The summed E-state index contributed by atoms with van der Waals surface area (Å²) in [7, 11) is 0. The van der Waals surface area contributed by atoms with Gasteiger partial charge in [0.1, 0.15) is 0 Å². The van der Waals surface area contributed by atoms with Gasteiger partial charge in [0, 0.05) is 11.8 Å². The van der Waals surface area contributed by atoms with Gasteiger partial charge in [0.05, 0.1) is 6.61 Å². The van der Waals surface area contributed by atoms with E-state index in [9.17, 15) is 4.79 Å². The standard InChI is InChI=1S/C14H20O2/c1-5-16-13(15)9-8-12-11(2)7-6-10-14(12,3)4/h7,12H,5-6,10H2,1-4H3. The summed E-state index contributed by atoms with van der Waals surface area (Å²) in [6.45, 7) is 8.67. The molecular weight excluding hydrogens is 200 g/mol. The molecule has 0 heterocycles. The van der Waals surface area contributed by atoms with Gasteiger partial charge in [-0.25, -0.2) is 4.79 Å². The van der Waals surface area contributed by atoms with E-state index in [0.29, 0.717) is 6.61 Å². The fraction of sp³-hybridized carbons (Fsp3) is 0.643. The number of ether oxygens (including phenoxy) is 1. The predicted octanol–water partition coefficient (Wildman–Crippen LogP) is 2.94. The Morgan fingerprint density at radius 1 is 1.62 bits per heavy atom. The maximum Gasteiger partial charge on any atom is 0.384 e. The fourth-order valence-corrected chi connectivity index (χ4v) is 2.16. The highest BCUT2D eigenvalue weighted by atomic mass is 16.5. The predicted molar refractivity (Wildman–Crippen MR) is 64.7 cm³/mol. The van der Waals surface area contributed by atoms with Crippen LogP contribution >= 0.6 is 0 Å². The van der Waals surface area contributed by atoms with Gasteiger partial charge in [0.2, 0.25) is 0 Å². The molecule has 0 radical (unpaired) electrons. The average Bonchev–Trinajstić information content (AvgIpc) is 2.16. The second-order valence-corrected chi connectivity index (χ2v) is 4.90. The number of hydrogen-bond donors (Lipinski definition) is 0. The van der Waals surface area contributed by atoms with E-state index in [2.05, 4.69) is 38.7 Å². The van der Waals surface area contributed by atoms with Crippen molar-refractivity contribution in [2.24, 2.45) is 11.3 Å². The number of esters is 1. The van der Waals surface area contributed by atoms with Crippen LogP contribution in [0.2, 0.25) is 0 Å². The lowest BCUT2D eigenvalue weighted by atomic mass is 9.69. The fourth-order valence-electron chi connectivity index (χ4n) is 2.16. The summed E-state index contributed by atoms with van der Waals surface area (Å²) >= 11 is 0. The monoisotopic (exact) mass is 220 g/mol. The average molecular weight is 220 g/mol. The molecule has 1 rings (SSSR count). The van der Waals surface area contributed by atoms with E-state index < -0.39 is 5.97 Å². The third kappa shape index (κ3) is 3.13. The van der Waals surface area contributed by atoms with E-state index in [0.717, 1.165) is 12.8 Å². The van der Waals surface area contributed by atoms with Gasteiger partial charge in [-0.05, 0) is 32.1 Å². The summed E-state index contributed by atoms with van der Waals surface area (Å²) in [6.07, 6.45) is 4.44. The smallest absolute Gasteiger partial charge is 0.384 e. The molecule has 2 nitrogen and oxygen atoms in total. The van der Waals surface area contributed by atoms with E-state index in [-0.39, 0.29) is 11.3 Å². The first-order valence-electron chi connectivity index (χ1n) is 5.82. The van der Waals surface area contributed by atoms with E-state index >= 15 is 0 Å². The molecule has 16 heavy (non-hydrogen) atoms. The van der Waals surface area contributed by atoms with Crippen molar-refractivity contribution in [3.63, 3.8) is 0 Å². The van der Waals surface area contributed by atoms with Crippen LogP contribution in [0.3, 0.4) is 0 Å². The van der Waals surface area contributed by atoms with E-state index in [1.807, 2.05) is 0 Å². The van der Waals surface area contributed by atoms with Crippen molar-refractivity contribution in [1.29, 1.82) is 0 Å². The van der Waals surface area contributed by atoms with Crippen LogP contribution in [0, 0.1) is 23.2 Å². The number of rotatable bonds is 1. The molecule has 1 aliphatic rings. The molecule has 88 valence electrons. The molecule has 2 heteroatoms. The molecule has 0 aromatic rings. The van der Waals surface area contributed by atoms with Crippen LogP contribution < -0.4 is 0 Å². The van der Waals surface area contributed by atoms with Gasteiger partial charge in [-0.1, -0.05) is 31.4 Å². The summed E-state index contributed by atoms with van der Waals surface area (Å²) in [4.78, 5) is 11.2. The summed E-state index contributed by atoms with van der Waals surface area (Å²) in [5.41, 5.74) is 1.42. The highest BCUT2D eigenvalue weighted by molar-refractivity contribution is 5.88. The van der Waals surface area contributed by atoms with Gasteiger partial charge in [-0.15, -0.1) is 0 Å². The van der Waals surface area contributed by atoms with Crippen molar-refractivity contribution in [2.75, 3.05) is 6.61 Å². The second-order valence-electron chi connectivity index (χ2n) is 4.90. The zero-order valence-corrected chi connectivity index (χ0v) is 10.6. The Kier molecular flexibility index (Phi) is 4.18. The summed E-state index contributed by atoms with van der Waals surface area (Å²) in [5, 5.41) is 0. The van der Waals surface area contributed by atoms with Crippen molar-refractivity contribution in [2.45, 2.75) is 40.5 Å². The van der Waals surface area contributed by atoms with Crippen molar-refractivity contribution in [3.05, 3.63) is 11.6 Å². The topological polar surface area (TPSA) is 26.3 Å². The van der Waals surface area contributed by atoms with E-state index in [4.69, 9.17) is 4.74 Å². The number of carbonyl (C=O) groups excluding carboxylic acids is 1. The molecule has 0 aromatic carbocycles. The lowest BCUT2D eigenvalue weighted by Gasteiger charge is -2.35. The van der Waals surface area contributed by atoms with Crippen LogP contribution in [0.4, 0.5) is 0 Å². The summed E-state index contributed by atoms with van der Waals surface area (Å²) in [6, 6.07) is 0. The largest absolute Gasteiger partial charge is 0.456 e. The lowest BCUT2D eigenvalue weighted by molar-refractivity contribution is -0.136. The van der Waals surface area contributed by atoms with Gasteiger partial charge < -0.3 is 4.74 Å². The van der Waals surface area contributed by atoms with Gasteiger partial charge >= 0.3 is 5.97 Å². The van der Waals surface area contributed by atoms with Crippen molar-refractivity contribution in [1.82, 2.24) is 0 Å². The molecule has 0 spiro atoms. The Bertz CT molecular complexity index is 353. The minimum atomic E-state index is -0.420. The van der Waals surface area contributed by atoms with Gasteiger partial charge in [0.15, 0.2) is 0 Å². The SMILES string of the molecule is CCOC(=O)C#CC1C(C)=CCCC1(C)C. The minimum Gasteiger partial charge on any atom is -0.456 e. The first-order valence-corrected chi connectivity index (χ1v) is 5.82. The Labute approximate surface area is 98.1 Å². The van der Waals surface area contributed by atoms with Crippen LogP contribution in [0.1, 0.15) is 40.5 Å². The molecule has 1 aliphatic carbocycles. The molecule has 1 unspecified atom stereocenters. The zero-order valence-electron chi connectivity index (χ0n) is 10.6. The lowest BCUT2D eigenvalue weighted by Crippen LogP contribution is -2.26. The van der Waals surface area contributed by atoms with Gasteiger partial charge in [-0.2, -0.15) is 0 Å². The molecule has 0 fully saturated rings.